The molecule has 0 aliphatic rings. The molecule has 0 aromatic heterocycles. The maximum atomic E-state index is 10.8. The Bertz CT molecular complexity index is 299. The van der Waals surface area contributed by atoms with E-state index in [4.69, 9.17) is 10.2 Å². The molecular weight excluding hydrogens is 260 g/mol. The maximum Gasteiger partial charge on any atom is 0.407 e. The van der Waals surface area contributed by atoms with Crippen LogP contribution in [-0.4, -0.2) is 58.4 Å². The molecule has 6 nitrogen and oxygen atoms in total. The number of rotatable bonds is 11. The summed E-state index contributed by atoms with van der Waals surface area (Å²) >= 11 is 0. The third-order valence-electron chi connectivity index (χ3n) is 2.85. The highest BCUT2D eigenvalue weighted by atomic mass is 16.4. The summed E-state index contributed by atoms with van der Waals surface area (Å²) in [7, 11) is 0. The number of hydrogen-bond donors (Lipinski definition) is 2. The average Bonchev–Trinajstić information content (AvgIpc) is 2.39. The molecule has 0 saturated heterocycles. The Labute approximate surface area is 120 Å². The van der Waals surface area contributed by atoms with E-state index in [1.54, 1.807) is 12.2 Å². The van der Waals surface area contributed by atoms with Crippen molar-refractivity contribution >= 4 is 12.2 Å². The molecule has 0 aliphatic heterocycles. The van der Waals surface area contributed by atoms with Gasteiger partial charge in [0.25, 0.3) is 0 Å². The summed E-state index contributed by atoms with van der Waals surface area (Å²) < 4.78 is 0. The first kappa shape index (κ1) is 18.0. The molecule has 0 heterocycles. The molecule has 0 unspecified atom stereocenters. The van der Waals surface area contributed by atoms with Crippen molar-refractivity contribution in [3.8, 4) is 0 Å². The van der Waals surface area contributed by atoms with Crippen LogP contribution < -0.4 is 0 Å². The zero-order chi connectivity index (χ0) is 15.4. The maximum absolute atomic E-state index is 10.8. The van der Waals surface area contributed by atoms with E-state index in [1.165, 1.54) is 9.80 Å². The molecule has 0 spiro atoms. The van der Waals surface area contributed by atoms with Crippen LogP contribution in [0.15, 0.2) is 25.3 Å². The molecule has 0 aromatic carbocycles. The lowest BCUT2D eigenvalue weighted by Crippen LogP contribution is -2.31. The first-order valence-electron chi connectivity index (χ1n) is 6.70. The van der Waals surface area contributed by atoms with E-state index in [0.29, 0.717) is 26.2 Å². The fraction of sp³-hybridized carbons (Fsp3) is 0.571. The van der Waals surface area contributed by atoms with E-state index in [1.807, 2.05) is 0 Å². The molecule has 0 fully saturated rings. The van der Waals surface area contributed by atoms with Gasteiger partial charge in [-0.2, -0.15) is 0 Å². The predicted molar refractivity (Wildman–Crippen MR) is 78.1 cm³/mol. The van der Waals surface area contributed by atoms with Crippen LogP contribution in [0, 0.1) is 0 Å². The van der Waals surface area contributed by atoms with Crippen LogP contribution in [0.25, 0.3) is 0 Å². The Hall–Kier alpha value is -1.98. The SMILES string of the molecule is C=CCN(CCCCCCN(CC=C)C(=O)O)C(=O)O. The lowest BCUT2D eigenvalue weighted by molar-refractivity contribution is 0.146. The number of amides is 2. The molecule has 0 aliphatic carbocycles. The quantitative estimate of drug-likeness (QED) is 0.451. The average molecular weight is 284 g/mol. The van der Waals surface area contributed by atoms with Gasteiger partial charge in [-0.15, -0.1) is 13.2 Å². The molecule has 0 rings (SSSR count). The monoisotopic (exact) mass is 284 g/mol. The highest BCUT2D eigenvalue weighted by molar-refractivity contribution is 5.65. The van der Waals surface area contributed by atoms with Crippen molar-refractivity contribution < 1.29 is 19.8 Å². The zero-order valence-corrected chi connectivity index (χ0v) is 11.8. The summed E-state index contributed by atoms with van der Waals surface area (Å²) in [5, 5.41) is 17.8. The molecule has 0 saturated carbocycles. The molecule has 2 amide bonds. The van der Waals surface area contributed by atoms with Crippen LogP contribution in [0.3, 0.4) is 0 Å². The topological polar surface area (TPSA) is 81.1 Å². The van der Waals surface area contributed by atoms with Crippen molar-refractivity contribution in [2.45, 2.75) is 25.7 Å². The Morgan fingerprint density at radius 2 is 1.15 bits per heavy atom. The van der Waals surface area contributed by atoms with E-state index in [2.05, 4.69) is 13.2 Å². The highest BCUT2D eigenvalue weighted by Crippen LogP contribution is 2.04. The van der Waals surface area contributed by atoms with Crippen molar-refractivity contribution in [3.63, 3.8) is 0 Å². The number of unbranched alkanes of at least 4 members (excludes halogenated alkanes) is 3. The van der Waals surface area contributed by atoms with E-state index in [0.717, 1.165) is 25.7 Å². The second kappa shape index (κ2) is 10.9. The van der Waals surface area contributed by atoms with Crippen LogP contribution in [0.2, 0.25) is 0 Å². The molecule has 20 heavy (non-hydrogen) atoms. The Balaban J connectivity index is 3.74. The molecule has 2 N–H and O–H groups in total. The van der Waals surface area contributed by atoms with E-state index in [9.17, 15) is 9.59 Å². The molecule has 6 heteroatoms. The third kappa shape index (κ3) is 8.18. The second-order valence-electron chi connectivity index (χ2n) is 4.45. The van der Waals surface area contributed by atoms with Crippen molar-refractivity contribution in [2.75, 3.05) is 26.2 Å². The summed E-state index contributed by atoms with van der Waals surface area (Å²) in [4.78, 5) is 24.3. The van der Waals surface area contributed by atoms with Crippen LogP contribution in [0.4, 0.5) is 9.59 Å². The van der Waals surface area contributed by atoms with Gasteiger partial charge in [0.05, 0.1) is 0 Å². The number of carbonyl (C=O) groups is 2. The Morgan fingerprint density at radius 3 is 1.40 bits per heavy atom. The Kier molecular flexibility index (Phi) is 9.82. The summed E-state index contributed by atoms with van der Waals surface area (Å²) in [6.07, 6.45) is 4.55. The fourth-order valence-corrected chi connectivity index (χ4v) is 1.80. The molecule has 0 bridgehead atoms. The number of nitrogens with zero attached hydrogens (tertiary/aromatic N) is 2. The summed E-state index contributed by atoms with van der Waals surface area (Å²) in [5.74, 6) is 0. The van der Waals surface area contributed by atoms with E-state index >= 15 is 0 Å². The van der Waals surface area contributed by atoms with Crippen molar-refractivity contribution in [1.29, 1.82) is 0 Å². The number of carboxylic acid groups (broad SMARTS) is 2. The molecule has 114 valence electrons. The minimum atomic E-state index is -0.937. The van der Waals surface area contributed by atoms with Crippen molar-refractivity contribution in [1.82, 2.24) is 9.80 Å². The van der Waals surface area contributed by atoms with Crippen molar-refractivity contribution in [2.24, 2.45) is 0 Å². The lowest BCUT2D eigenvalue weighted by atomic mass is 10.2. The third-order valence-corrected chi connectivity index (χ3v) is 2.85. The van der Waals surface area contributed by atoms with Crippen LogP contribution in [0.1, 0.15) is 25.7 Å². The van der Waals surface area contributed by atoms with Gasteiger partial charge >= 0.3 is 12.2 Å². The Morgan fingerprint density at radius 1 is 0.800 bits per heavy atom. The second-order valence-corrected chi connectivity index (χ2v) is 4.45. The fourth-order valence-electron chi connectivity index (χ4n) is 1.80. The van der Waals surface area contributed by atoms with E-state index in [-0.39, 0.29) is 0 Å². The molecule has 0 aromatic rings. The van der Waals surface area contributed by atoms with Crippen LogP contribution in [-0.2, 0) is 0 Å². The zero-order valence-electron chi connectivity index (χ0n) is 11.8. The highest BCUT2D eigenvalue weighted by Gasteiger charge is 2.10. The van der Waals surface area contributed by atoms with Crippen LogP contribution in [0.5, 0.6) is 0 Å². The van der Waals surface area contributed by atoms with Crippen LogP contribution >= 0.6 is 0 Å². The largest absolute Gasteiger partial charge is 0.465 e. The van der Waals surface area contributed by atoms with Gasteiger partial charge < -0.3 is 20.0 Å². The minimum Gasteiger partial charge on any atom is -0.465 e. The van der Waals surface area contributed by atoms with Crippen molar-refractivity contribution in [3.05, 3.63) is 25.3 Å². The van der Waals surface area contributed by atoms with E-state index < -0.39 is 12.2 Å². The number of hydrogen-bond acceptors (Lipinski definition) is 2. The first-order chi connectivity index (χ1) is 9.52. The minimum absolute atomic E-state index is 0.335. The van der Waals surface area contributed by atoms with Gasteiger partial charge in [-0.25, -0.2) is 9.59 Å². The van der Waals surface area contributed by atoms with Gasteiger partial charge in [0, 0.05) is 26.2 Å². The summed E-state index contributed by atoms with van der Waals surface area (Å²) in [5.41, 5.74) is 0. The molecular formula is C14H24N2O4. The van der Waals surface area contributed by atoms with Gasteiger partial charge in [0.15, 0.2) is 0 Å². The van der Waals surface area contributed by atoms with Gasteiger partial charge in [-0.3, -0.25) is 0 Å². The van der Waals surface area contributed by atoms with Gasteiger partial charge in [0.2, 0.25) is 0 Å². The molecule has 0 atom stereocenters. The van der Waals surface area contributed by atoms with Gasteiger partial charge in [-0.05, 0) is 12.8 Å². The molecule has 0 radical (unpaired) electrons. The van der Waals surface area contributed by atoms with Gasteiger partial charge in [0.1, 0.15) is 0 Å². The normalized spacial score (nSPS) is 9.80. The smallest absolute Gasteiger partial charge is 0.407 e. The standard InChI is InChI=1S/C14H24N2O4/c1-3-9-15(13(17)18)11-7-5-6-8-12-16(10-4-2)14(19)20/h3-4H,1-2,5-12H2,(H,17,18)(H,19,20). The summed E-state index contributed by atoms with van der Waals surface area (Å²) in [6.45, 7) is 8.67. The summed E-state index contributed by atoms with van der Waals surface area (Å²) in [6, 6.07) is 0. The lowest BCUT2D eigenvalue weighted by Gasteiger charge is -2.18. The van der Waals surface area contributed by atoms with Gasteiger partial charge in [-0.1, -0.05) is 25.0 Å². The first-order valence-corrected chi connectivity index (χ1v) is 6.70. The predicted octanol–water partition coefficient (Wildman–Crippen LogP) is 2.88.